The molecule has 0 amide bonds. The quantitative estimate of drug-likeness (QED) is 0.729. The molecule has 0 radical (unpaired) electrons. The molecule has 2 aliphatic heterocycles. The molecular weight excluding hydrogens is 220 g/mol. The van der Waals surface area contributed by atoms with E-state index >= 15 is 0 Å². The number of nitrogens with one attached hydrogen (secondary N) is 1. The van der Waals surface area contributed by atoms with Crippen molar-refractivity contribution in [3.63, 3.8) is 0 Å². The second kappa shape index (κ2) is 5.33. The lowest BCUT2D eigenvalue weighted by Gasteiger charge is -2.44. The minimum absolute atomic E-state index is 0.230. The highest BCUT2D eigenvalue weighted by atomic mass is 16.5. The van der Waals surface area contributed by atoms with E-state index < -0.39 is 5.97 Å². The van der Waals surface area contributed by atoms with Crippen molar-refractivity contribution in [2.24, 2.45) is 0 Å². The predicted octanol–water partition coefficient (Wildman–Crippen LogP) is 0.301. The zero-order chi connectivity index (χ0) is 12.4. The smallest absolute Gasteiger partial charge is 0.322 e. The highest BCUT2D eigenvalue weighted by Crippen LogP contribution is 2.25. The number of hydrogen-bond acceptors (Lipinski definition) is 4. The second-order valence-electron chi connectivity index (χ2n) is 5.18. The highest BCUT2D eigenvalue weighted by molar-refractivity contribution is 5.74. The molecule has 2 heterocycles. The first-order chi connectivity index (χ1) is 8.08. The summed E-state index contributed by atoms with van der Waals surface area (Å²) >= 11 is 0. The van der Waals surface area contributed by atoms with Crippen LogP contribution in [0.25, 0.3) is 0 Å². The van der Waals surface area contributed by atoms with Crippen molar-refractivity contribution >= 4 is 5.97 Å². The summed E-state index contributed by atoms with van der Waals surface area (Å²) in [5.74, 6) is -0.719. The molecule has 2 aliphatic rings. The van der Waals surface area contributed by atoms with Crippen LogP contribution in [0.5, 0.6) is 0 Å². The lowest BCUT2D eigenvalue weighted by atomic mass is 9.96. The molecule has 3 atom stereocenters. The second-order valence-corrected chi connectivity index (χ2v) is 5.18. The van der Waals surface area contributed by atoms with Crippen LogP contribution in [-0.4, -0.2) is 59.9 Å². The van der Waals surface area contributed by atoms with Crippen molar-refractivity contribution in [2.45, 2.75) is 51.0 Å². The zero-order valence-electron chi connectivity index (χ0n) is 10.6. The molecule has 2 N–H and O–H groups in total. The van der Waals surface area contributed by atoms with Crippen molar-refractivity contribution in [3.8, 4) is 0 Å². The van der Waals surface area contributed by atoms with Gasteiger partial charge in [-0.15, -0.1) is 0 Å². The van der Waals surface area contributed by atoms with Crippen LogP contribution >= 0.6 is 0 Å². The van der Waals surface area contributed by atoms with Crippen LogP contribution in [0.3, 0.4) is 0 Å². The molecule has 5 heteroatoms. The Kier molecular flexibility index (Phi) is 4.01. The number of rotatable bonds is 2. The molecule has 0 aliphatic carbocycles. The van der Waals surface area contributed by atoms with Gasteiger partial charge in [-0.3, -0.25) is 9.69 Å². The van der Waals surface area contributed by atoms with Gasteiger partial charge in [0.15, 0.2) is 0 Å². The summed E-state index contributed by atoms with van der Waals surface area (Å²) in [6.45, 7) is 6.39. The van der Waals surface area contributed by atoms with E-state index in [2.05, 4.69) is 24.1 Å². The summed E-state index contributed by atoms with van der Waals surface area (Å²) < 4.78 is 5.71. The summed E-state index contributed by atoms with van der Waals surface area (Å²) in [5.41, 5.74) is 0. The topological polar surface area (TPSA) is 61.8 Å². The van der Waals surface area contributed by atoms with Gasteiger partial charge in [-0.2, -0.15) is 0 Å². The maximum absolute atomic E-state index is 11.3. The van der Waals surface area contributed by atoms with E-state index in [9.17, 15) is 9.90 Å². The number of carboxylic acid groups (broad SMARTS) is 1. The number of carboxylic acids is 1. The fourth-order valence-corrected chi connectivity index (χ4v) is 3.03. The molecule has 0 bridgehead atoms. The van der Waals surface area contributed by atoms with Gasteiger partial charge >= 0.3 is 5.97 Å². The Morgan fingerprint density at radius 3 is 2.59 bits per heavy atom. The number of aliphatic carboxylic acids is 1. The van der Waals surface area contributed by atoms with E-state index in [0.717, 1.165) is 25.9 Å². The first-order valence-corrected chi connectivity index (χ1v) is 6.42. The maximum atomic E-state index is 11.3. The molecule has 3 unspecified atom stereocenters. The molecular formula is C12H22N2O3. The van der Waals surface area contributed by atoms with E-state index in [1.54, 1.807) is 0 Å². The van der Waals surface area contributed by atoms with E-state index in [-0.39, 0.29) is 18.2 Å². The Morgan fingerprint density at radius 2 is 2.00 bits per heavy atom. The zero-order valence-corrected chi connectivity index (χ0v) is 10.6. The maximum Gasteiger partial charge on any atom is 0.322 e. The van der Waals surface area contributed by atoms with E-state index in [1.165, 1.54) is 0 Å². The number of hydrogen-bond donors (Lipinski definition) is 2. The van der Waals surface area contributed by atoms with Crippen LogP contribution in [-0.2, 0) is 9.53 Å². The lowest BCUT2D eigenvalue weighted by molar-refractivity contribution is -0.148. The van der Waals surface area contributed by atoms with Crippen molar-refractivity contribution < 1.29 is 14.6 Å². The molecule has 0 spiro atoms. The van der Waals surface area contributed by atoms with Crippen molar-refractivity contribution in [1.82, 2.24) is 10.2 Å². The molecule has 2 rings (SSSR count). The summed E-state index contributed by atoms with van der Waals surface area (Å²) in [5, 5.41) is 12.4. The average molecular weight is 242 g/mol. The van der Waals surface area contributed by atoms with Gasteiger partial charge in [0, 0.05) is 25.7 Å². The van der Waals surface area contributed by atoms with Crippen LogP contribution in [0, 0.1) is 0 Å². The fourth-order valence-electron chi connectivity index (χ4n) is 3.03. The predicted molar refractivity (Wildman–Crippen MR) is 64.0 cm³/mol. The van der Waals surface area contributed by atoms with Gasteiger partial charge in [-0.25, -0.2) is 0 Å². The van der Waals surface area contributed by atoms with Crippen LogP contribution in [0.4, 0.5) is 0 Å². The first-order valence-electron chi connectivity index (χ1n) is 6.42. The molecule has 0 aromatic heterocycles. The summed E-state index contributed by atoms with van der Waals surface area (Å²) in [6, 6.07) is -0.0387. The fraction of sp³-hybridized carbons (Fsp3) is 0.917. The molecule has 0 saturated carbocycles. The Morgan fingerprint density at radius 1 is 1.35 bits per heavy atom. The minimum atomic E-state index is -0.719. The van der Waals surface area contributed by atoms with Crippen molar-refractivity contribution in [2.75, 3.05) is 19.6 Å². The number of piperazine rings is 1. The third-order valence-electron chi connectivity index (χ3n) is 3.71. The van der Waals surface area contributed by atoms with Gasteiger partial charge in [0.1, 0.15) is 6.04 Å². The monoisotopic (exact) mass is 242 g/mol. The summed E-state index contributed by atoms with van der Waals surface area (Å²) in [4.78, 5) is 13.4. The summed E-state index contributed by atoms with van der Waals surface area (Å²) in [7, 11) is 0. The van der Waals surface area contributed by atoms with E-state index in [1.807, 2.05) is 0 Å². The van der Waals surface area contributed by atoms with Gasteiger partial charge in [-0.05, 0) is 26.7 Å². The Bertz CT molecular complexity index is 275. The lowest BCUT2D eigenvalue weighted by Crippen LogP contribution is -2.60. The van der Waals surface area contributed by atoms with Gasteiger partial charge in [0.2, 0.25) is 0 Å². The van der Waals surface area contributed by atoms with E-state index in [4.69, 9.17) is 4.74 Å². The molecule has 0 aromatic rings. The van der Waals surface area contributed by atoms with Gasteiger partial charge in [0.25, 0.3) is 0 Å². The third kappa shape index (κ3) is 2.97. The molecule has 5 nitrogen and oxygen atoms in total. The SMILES string of the molecule is CC1CC(N2CCNCC2C(=O)O)CC(C)O1. The number of ether oxygens (including phenoxy) is 1. The van der Waals surface area contributed by atoms with Crippen molar-refractivity contribution in [3.05, 3.63) is 0 Å². The molecule has 2 fully saturated rings. The van der Waals surface area contributed by atoms with Crippen LogP contribution in [0.1, 0.15) is 26.7 Å². The number of nitrogens with zero attached hydrogens (tertiary/aromatic N) is 1. The number of carbonyl (C=O) groups is 1. The summed E-state index contributed by atoms with van der Waals surface area (Å²) in [6.07, 6.45) is 2.34. The van der Waals surface area contributed by atoms with Crippen LogP contribution < -0.4 is 5.32 Å². The van der Waals surface area contributed by atoms with Crippen molar-refractivity contribution in [1.29, 1.82) is 0 Å². The molecule has 0 aromatic carbocycles. The normalized spacial score (nSPS) is 40.1. The van der Waals surface area contributed by atoms with Crippen LogP contribution in [0.2, 0.25) is 0 Å². The molecule has 98 valence electrons. The molecule has 17 heavy (non-hydrogen) atoms. The largest absolute Gasteiger partial charge is 0.480 e. The third-order valence-corrected chi connectivity index (χ3v) is 3.71. The van der Waals surface area contributed by atoms with Gasteiger partial charge in [-0.1, -0.05) is 0 Å². The van der Waals surface area contributed by atoms with Gasteiger partial charge < -0.3 is 15.2 Å². The minimum Gasteiger partial charge on any atom is -0.480 e. The standard InChI is InChI=1S/C12H22N2O3/c1-8-5-10(6-9(2)17-8)14-4-3-13-7-11(14)12(15)16/h8-11,13H,3-7H2,1-2H3,(H,15,16). The van der Waals surface area contributed by atoms with Gasteiger partial charge in [0.05, 0.1) is 12.2 Å². The Balaban J connectivity index is 2.05. The highest BCUT2D eigenvalue weighted by Gasteiger charge is 2.36. The Hall–Kier alpha value is -0.650. The first kappa shape index (κ1) is 12.8. The van der Waals surface area contributed by atoms with E-state index in [0.29, 0.717) is 12.6 Å². The Labute approximate surface area is 102 Å². The molecule has 2 saturated heterocycles. The van der Waals surface area contributed by atoms with Crippen LogP contribution in [0.15, 0.2) is 0 Å². The average Bonchev–Trinajstić information content (AvgIpc) is 2.27.